The Bertz CT molecular complexity index is 1300. The van der Waals surface area contributed by atoms with Crippen molar-refractivity contribution in [2.75, 3.05) is 17.5 Å². The molecule has 3 aromatic rings. The summed E-state index contributed by atoms with van der Waals surface area (Å²) in [4.78, 5) is 12.8. The summed E-state index contributed by atoms with van der Waals surface area (Å²) in [6.45, 7) is 4.05. The van der Waals surface area contributed by atoms with Crippen LogP contribution in [0.25, 0.3) is 0 Å². The first-order valence-corrected chi connectivity index (χ1v) is 13.5. The molecule has 0 saturated carbocycles. The predicted octanol–water partition coefficient (Wildman–Crippen LogP) is 5.56. The lowest BCUT2D eigenvalue weighted by atomic mass is 10.2. The molecule has 1 N–H and O–H groups in total. The van der Waals surface area contributed by atoms with Gasteiger partial charge in [0.05, 0.1) is 23.4 Å². The van der Waals surface area contributed by atoms with Crippen molar-refractivity contribution >= 4 is 39.4 Å². The number of nitrogens with zero attached hydrogens (tertiary/aromatic N) is 2. The number of hydrazone groups is 1. The highest BCUT2D eigenvalue weighted by Crippen LogP contribution is 2.28. The Morgan fingerprint density at radius 1 is 1.06 bits per heavy atom. The third kappa shape index (κ3) is 7.32. The Morgan fingerprint density at radius 2 is 1.78 bits per heavy atom. The standard InChI is InChI=1S/C27H30ClN3O4S/c1-3-4-10-17-35-26-14-9-8-11-22(26)19-29-30-27(32)20-31(23-16-15-21(2)25(28)18-23)36(33,34)24-12-6-5-7-13-24/h5-9,11-16,18-19H,3-4,10,17,20H2,1-2H3,(H,30,32). The van der Waals surface area contributed by atoms with Gasteiger partial charge in [-0.25, -0.2) is 13.8 Å². The van der Waals surface area contributed by atoms with E-state index < -0.39 is 22.5 Å². The Hall–Kier alpha value is -3.36. The minimum atomic E-state index is -4.04. The lowest BCUT2D eigenvalue weighted by Crippen LogP contribution is -2.39. The van der Waals surface area contributed by atoms with Crippen LogP contribution in [0.1, 0.15) is 37.3 Å². The summed E-state index contributed by atoms with van der Waals surface area (Å²) >= 11 is 6.25. The molecule has 0 aromatic heterocycles. The van der Waals surface area contributed by atoms with Crippen LogP contribution >= 0.6 is 11.6 Å². The zero-order chi connectivity index (χ0) is 26.0. The highest BCUT2D eigenvalue weighted by molar-refractivity contribution is 7.92. The molecule has 0 aliphatic heterocycles. The van der Waals surface area contributed by atoms with Crippen LogP contribution in [0.5, 0.6) is 5.75 Å². The molecular weight excluding hydrogens is 498 g/mol. The maximum atomic E-state index is 13.4. The molecule has 0 heterocycles. The maximum absolute atomic E-state index is 13.4. The first-order valence-electron chi connectivity index (χ1n) is 11.7. The van der Waals surface area contributed by atoms with Crippen LogP contribution in [0.15, 0.2) is 82.8 Å². The molecule has 0 unspecified atom stereocenters. The zero-order valence-corrected chi connectivity index (χ0v) is 21.9. The van der Waals surface area contributed by atoms with Crippen molar-refractivity contribution in [2.24, 2.45) is 5.10 Å². The number of para-hydroxylation sites is 1. The number of unbranched alkanes of at least 4 members (excludes halogenated alkanes) is 2. The number of halogens is 1. The summed E-state index contributed by atoms with van der Waals surface area (Å²) < 4.78 is 33.6. The van der Waals surface area contributed by atoms with E-state index in [2.05, 4.69) is 17.5 Å². The lowest BCUT2D eigenvalue weighted by molar-refractivity contribution is -0.119. The SMILES string of the molecule is CCCCCOc1ccccc1C=NNC(=O)CN(c1ccc(C)c(Cl)c1)S(=O)(=O)c1ccccc1. The third-order valence-corrected chi connectivity index (χ3v) is 7.57. The topological polar surface area (TPSA) is 88.1 Å². The van der Waals surface area contributed by atoms with Crippen molar-refractivity contribution in [3.8, 4) is 5.75 Å². The van der Waals surface area contributed by atoms with Crippen LogP contribution in [0.4, 0.5) is 5.69 Å². The number of amides is 1. The summed E-state index contributed by atoms with van der Waals surface area (Å²) in [5.41, 5.74) is 4.19. The summed E-state index contributed by atoms with van der Waals surface area (Å²) in [6, 6.07) is 20.1. The number of hydrogen-bond donors (Lipinski definition) is 1. The van der Waals surface area contributed by atoms with Crippen molar-refractivity contribution < 1.29 is 17.9 Å². The molecule has 3 aromatic carbocycles. The molecule has 36 heavy (non-hydrogen) atoms. The first-order chi connectivity index (χ1) is 17.3. The summed E-state index contributed by atoms with van der Waals surface area (Å²) in [6.07, 6.45) is 4.62. The molecule has 3 rings (SSSR count). The number of carbonyl (C=O) groups excluding carboxylic acids is 1. The van der Waals surface area contributed by atoms with E-state index in [0.717, 1.165) is 29.1 Å². The number of hydrogen-bond acceptors (Lipinski definition) is 5. The van der Waals surface area contributed by atoms with Crippen molar-refractivity contribution in [3.63, 3.8) is 0 Å². The van der Waals surface area contributed by atoms with Gasteiger partial charge in [-0.3, -0.25) is 9.10 Å². The van der Waals surface area contributed by atoms with E-state index in [1.54, 1.807) is 30.3 Å². The largest absolute Gasteiger partial charge is 0.493 e. The fourth-order valence-electron chi connectivity index (χ4n) is 3.36. The molecule has 0 radical (unpaired) electrons. The average molecular weight is 528 g/mol. The maximum Gasteiger partial charge on any atom is 0.264 e. The van der Waals surface area contributed by atoms with Crippen LogP contribution in [-0.4, -0.2) is 33.7 Å². The average Bonchev–Trinajstić information content (AvgIpc) is 2.88. The van der Waals surface area contributed by atoms with Gasteiger partial charge in [0.25, 0.3) is 15.9 Å². The van der Waals surface area contributed by atoms with Gasteiger partial charge >= 0.3 is 0 Å². The minimum absolute atomic E-state index is 0.0622. The molecule has 7 nitrogen and oxygen atoms in total. The Morgan fingerprint density at radius 3 is 2.50 bits per heavy atom. The van der Waals surface area contributed by atoms with Crippen LogP contribution in [0.3, 0.4) is 0 Å². The Balaban J connectivity index is 1.77. The van der Waals surface area contributed by atoms with Gasteiger partial charge in [-0.15, -0.1) is 0 Å². The van der Waals surface area contributed by atoms with Gasteiger partial charge in [0.15, 0.2) is 0 Å². The monoisotopic (exact) mass is 527 g/mol. The second-order valence-electron chi connectivity index (χ2n) is 8.14. The second kappa shape index (κ2) is 13.1. The molecule has 0 atom stereocenters. The predicted molar refractivity (Wildman–Crippen MR) is 144 cm³/mol. The molecular formula is C27H30ClN3O4S. The molecule has 9 heteroatoms. The number of nitrogens with one attached hydrogen (secondary N) is 1. The smallest absolute Gasteiger partial charge is 0.264 e. The van der Waals surface area contributed by atoms with Crippen LogP contribution < -0.4 is 14.5 Å². The molecule has 0 spiro atoms. The molecule has 0 fully saturated rings. The minimum Gasteiger partial charge on any atom is -0.493 e. The van der Waals surface area contributed by atoms with Gasteiger partial charge in [0, 0.05) is 10.6 Å². The summed E-state index contributed by atoms with van der Waals surface area (Å²) in [5, 5.41) is 4.43. The molecule has 190 valence electrons. The third-order valence-electron chi connectivity index (χ3n) is 5.38. The van der Waals surface area contributed by atoms with Crippen molar-refractivity contribution in [1.29, 1.82) is 0 Å². The molecule has 0 aliphatic carbocycles. The number of sulfonamides is 1. The van der Waals surface area contributed by atoms with E-state index in [9.17, 15) is 13.2 Å². The highest BCUT2D eigenvalue weighted by Gasteiger charge is 2.27. The van der Waals surface area contributed by atoms with Gasteiger partial charge in [0.1, 0.15) is 12.3 Å². The molecule has 0 saturated heterocycles. The van der Waals surface area contributed by atoms with Gasteiger partial charge < -0.3 is 4.74 Å². The van der Waals surface area contributed by atoms with E-state index in [-0.39, 0.29) is 10.6 Å². The Labute approximate surface area is 217 Å². The van der Waals surface area contributed by atoms with E-state index in [4.69, 9.17) is 16.3 Å². The zero-order valence-electron chi connectivity index (χ0n) is 20.4. The van der Waals surface area contributed by atoms with Crippen molar-refractivity contribution in [1.82, 2.24) is 5.43 Å². The number of anilines is 1. The van der Waals surface area contributed by atoms with E-state index in [1.807, 2.05) is 31.2 Å². The Kier molecular flexibility index (Phi) is 9.90. The fraction of sp³-hybridized carbons (Fsp3) is 0.259. The molecule has 0 aliphatic rings. The van der Waals surface area contributed by atoms with Crippen LogP contribution in [0.2, 0.25) is 5.02 Å². The van der Waals surface area contributed by atoms with Crippen LogP contribution in [0, 0.1) is 6.92 Å². The van der Waals surface area contributed by atoms with Gasteiger partial charge in [-0.05, 0) is 55.3 Å². The van der Waals surface area contributed by atoms with Gasteiger partial charge in [0.2, 0.25) is 0 Å². The van der Waals surface area contributed by atoms with Gasteiger partial charge in [-0.1, -0.05) is 67.8 Å². The lowest BCUT2D eigenvalue weighted by Gasteiger charge is -2.24. The van der Waals surface area contributed by atoms with Crippen molar-refractivity contribution in [2.45, 2.75) is 38.0 Å². The van der Waals surface area contributed by atoms with E-state index in [0.29, 0.717) is 22.9 Å². The fourth-order valence-corrected chi connectivity index (χ4v) is 4.97. The molecule has 1 amide bonds. The van der Waals surface area contributed by atoms with E-state index in [1.165, 1.54) is 24.4 Å². The van der Waals surface area contributed by atoms with Gasteiger partial charge in [-0.2, -0.15) is 5.10 Å². The number of benzene rings is 3. The number of aryl methyl sites for hydroxylation is 1. The quantitative estimate of drug-likeness (QED) is 0.190. The number of rotatable bonds is 12. The summed E-state index contributed by atoms with van der Waals surface area (Å²) in [7, 11) is -4.04. The summed E-state index contributed by atoms with van der Waals surface area (Å²) in [5.74, 6) is 0.0537. The molecule has 0 bridgehead atoms. The van der Waals surface area contributed by atoms with E-state index >= 15 is 0 Å². The highest BCUT2D eigenvalue weighted by atomic mass is 35.5. The van der Waals surface area contributed by atoms with Crippen molar-refractivity contribution in [3.05, 3.63) is 88.9 Å². The second-order valence-corrected chi connectivity index (χ2v) is 10.4. The number of carbonyl (C=O) groups is 1. The normalized spacial score (nSPS) is 11.4. The number of ether oxygens (including phenoxy) is 1. The van der Waals surface area contributed by atoms with Crippen LogP contribution in [-0.2, 0) is 14.8 Å². The first kappa shape index (κ1) is 27.2.